The van der Waals surface area contributed by atoms with Crippen molar-refractivity contribution >= 4 is 5.78 Å². The first-order valence-electron chi connectivity index (χ1n) is 6.74. The first-order valence-corrected chi connectivity index (χ1v) is 6.74. The second-order valence-electron chi connectivity index (χ2n) is 6.00. The number of hydrogen-bond acceptors (Lipinski definition) is 1. The summed E-state index contributed by atoms with van der Waals surface area (Å²) < 4.78 is 0. The molecule has 1 nitrogen and oxygen atoms in total. The Labute approximate surface area is 103 Å². The molecule has 17 heavy (non-hydrogen) atoms. The highest BCUT2D eigenvalue weighted by atomic mass is 16.1. The van der Waals surface area contributed by atoms with Gasteiger partial charge in [-0.3, -0.25) is 4.79 Å². The molecule has 0 N–H and O–H groups in total. The average Bonchev–Trinajstić information content (AvgIpc) is 2.87. The third-order valence-electron chi connectivity index (χ3n) is 4.81. The van der Waals surface area contributed by atoms with Gasteiger partial charge in [0.15, 0.2) is 5.78 Å². The van der Waals surface area contributed by atoms with Gasteiger partial charge in [-0.15, -0.1) is 0 Å². The van der Waals surface area contributed by atoms with Crippen molar-refractivity contribution in [3.05, 3.63) is 34.4 Å². The Balaban J connectivity index is 2.08. The van der Waals surface area contributed by atoms with E-state index in [4.69, 9.17) is 0 Å². The molecule has 0 bridgehead atoms. The predicted octanol–water partition coefficient (Wildman–Crippen LogP) is 3.86. The van der Waals surface area contributed by atoms with Gasteiger partial charge in [-0.2, -0.15) is 0 Å². The normalized spacial score (nSPS) is 20.8. The molecule has 0 amide bonds. The second kappa shape index (κ2) is 3.69. The SMILES string of the molecule is CC(=O)c1ccc(C)c2c1CC1(CCCC1)C2. The molecule has 3 rings (SSSR count). The van der Waals surface area contributed by atoms with E-state index in [1.807, 2.05) is 6.07 Å². The van der Waals surface area contributed by atoms with Gasteiger partial charge in [0.25, 0.3) is 0 Å². The molecule has 1 spiro atoms. The summed E-state index contributed by atoms with van der Waals surface area (Å²) in [6.45, 7) is 3.89. The zero-order valence-corrected chi connectivity index (χ0v) is 10.8. The number of carbonyl (C=O) groups is 1. The molecule has 0 aromatic heterocycles. The van der Waals surface area contributed by atoms with Gasteiger partial charge in [0.1, 0.15) is 0 Å². The minimum Gasteiger partial charge on any atom is -0.295 e. The monoisotopic (exact) mass is 228 g/mol. The minimum atomic E-state index is 0.233. The maximum atomic E-state index is 11.7. The van der Waals surface area contributed by atoms with E-state index in [-0.39, 0.29) is 5.78 Å². The molecule has 1 aromatic carbocycles. The van der Waals surface area contributed by atoms with Crippen molar-refractivity contribution in [2.45, 2.75) is 52.4 Å². The van der Waals surface area contributed by atoms with Crippen molar-refractivity contribution in [2.24, 2.45) is 5.41 Å². The molecule has 1 heteroatoms. The Morgan fingerprint density at radius 2 is 1.76 bits per heavy atom. The van der Waals surface area contributed by atoms with Gasteiger partial charge in [-0.1, -0.05) is 25.0 Å². The van der Waals surface area contributed by atoms with Crippen molar-refractivity contribution in [3.8, 4) is 0 Å². The third-order valence-corrected chi connectivity index (χ3v) is 4.81. The van der Waals surface area contributed by atoms with Gasteiger partial charge < -0.3 is 0 Å². The number of benzene rings is 1. The lowest BCUT2D eigenvalue weighted by Gasteiger charge is -2.21. The average molecular weight is 228 g/mol. The van der Waals surface area contributed by atoms with Gasteiger partial charge in [0, 0.05) is 5.56 Å². The predicted molar refractivity (Wildman–Crippen MR) is 69.5 cm³/mol. The van der Waals surface area contributed by atoms with Crippen LogP contribution >= 0.6 is 0 Å². The number of carbonyl (C=O) groups excluding carboxylic acids is 1. The molecule has 0 radical (unpaired) electrons. The molecule has 0 aliphatic heterocycles. The fourth-order valence-corrected chi connectivity index (χ4v) is 3.88. The Kier molecular flexibility index (Phi) is 2.39. The Bertz CT molecular complexity index is 479. The van der Waals surface area contributed by atoms with Crippen LogP contribution in [0.25, 0.3) is 0 Å². The van der Waals surface area contributed by atoms with Crippen LogP contribution in [-0.2, 0) is 12.8 Å². The van der Waals surface area contributed by atoms with E-state index in [2.05, 4.69) is 13.0 Å². The molecule has 0 heterocycles. The van der Waals surface area contributed by atoms with Crippen LogP contribution in [-0.4, -0.2) is 5.78 Å². The van der Waals surface area contributed by atoms with E-state index in [1.54, 1.807) is 6.92 Å². The smallest absolute Gasteiger partial charge is 0.160 e. The molecule has 2 aliphatic rings. The van der Waals surface area contributed by atoms with Crippen LogP contribution < -0.4 is 0 Å². The zero-order valence-electron chi connectivity index (χ0n) is 10.8. The van der Waals surface area contributed by atoms with Crippen molar-refractivity contribution in [1.82, 2.24) is 0 Å². The Hall–Kier alpha value is -1.11. The molecule has 1 saturated carbocycles. The lowest BCUT2D eigenvalue weighted by atomic mass is 9.83. The molecule has 1 fully saturated rings. The second-order valence-corrected chi connectivity index (χ2v) is 6.00. The van der Waals surface area contributed by atoms with Crippen LogP contribution in [0, 0.1) is 12.3 Å². The van der Waals surface area contributed by atoms with Crippen molar-refractivity contribution in [3.63, 3.8) is 0 Å². The highest BCUT2D eigenvalue weighted by Crippen LogP contribution is 2.50. The summed E-state index contributed by atoms with van der Waals surface area (Å²) in [7, 11) is 0. The Morgan fingerprint density at radius 1 is 1.12 bits per heavy atom. The lowest BCUT2D eigenvalue weighted by molar-refractivity contribution is 0.101. The number of rotatable bonds is 1. The van der Waals surface area contributed by atoms with Gasteiger partial charge in [-0.05, 0) is 61.6 Å². The number of ketones is 1. The summed E-state index contributed by atoms with van der Waals surface area (Å²) in [5.74, 6) is 0.233. The summed E-state index contributed by atoms with van der Waals surface area (Å²) in [6.07, 6.45) is 7.84. The van der Waals surface area contributed by atoms with Crippen LogP contribution in [0.5, 0.6) is 0 Å². The quantitative estimate of drug-likeness (QED) is 0.667. The van der Waals surface area contributed by atoms with Crippen LogP contribution in [0.2, 0.25) is 0 Å². The number of Topliss-reactive ketones (excluding diaryl/α,β-unsaturated/α-hetero) is 1. The van der Waals surface area contributed by atoms with Crippen LogP contribution in [0.15, 0.2) is 12.1 Å². The first-order chi connectivity index (χ1) is 8.11. The molecule has 0 unspecified atom stereocenters. The molecule has 0 atom stereocenters. The van der Waals surface area contributed by atoms with Gasteiger partial charge >= 0.3 is 0 Å². The largest absolute Gasteiger partial charge is 0.295 e. The summed E-state index contributed by atoms with van der Waals surface area (Å²) in [6, 6.07) is 4.16. The molecule has 1 aromatic rings. The molecule has 0 saturated heterocycles. The standard InChI is InChI=1S/C16H20O/c1-11-5-6-13(12(2)17)15-10-16(9-14(11)15)7-3-4-8-16/h5-6H,3-4,7-10H2,1-2H3. The number of fused-ring (bicyclic) bond motifs is 1. The fourth-order valence-electron chi connectivity index (χ4n) is 3.88. The van der Waals surface area contributed by atoms with E-state index in [9.17, 15) is 4.79 Å². The van der Waals surface area contributed by atoms with Crippen molar-refractivity contribution < 1.29 is 4.79 Å². The van der Waals surface area contributed by atoms with Gasteiger partial charge in [0.2, 0.25) is 0 Å². The number of hydrogen-bond donors (Lipinski definition) is 0. The number of aryl methyl sites for hydroxylation is 1. The van der Waals surface area contributed by atoms with Gasteiger partial charge in [-0.25, -0.2) is 0 Å². The van der Waals surface area contributed by atoms with Crippen LogP contribution in [0.4, 0.5) is 0 Å². The lowest BCUT2D eigenvalue weighted by Crippen LogP contribution is -2.16. The van der Waals surface area contributed by atoms with E-state index in [1.165, 1.54) is 48.8 Å². The third kappa shape index (κ3) is 1.64. The topological polar surface area (TPSA) is 17.1 Å². The first kappa shape index (κ1) is 11.0. The summed E-state index contributed by atoms with van der Waals surface area (Å²) >= 11 is 0. The molecular weight excluding hydrogens is 208 g/mol. The maximum absolute atomic E-state index is 11.7. The molecular formula is C16H20O. The summed E-state index contributed by atoms with van der Waals surface area (Å²) in [5.41, 5.74) is 5.74. The van der Waals surface area contributed by atoms with E-state index >= 15 is 0 Å². The van der Waals surface area contributed by atoms with E-state index < -0.39 is 0 Å². The van der Waals surface area contributed by atoms with Crippen molar-refractivity contribution in [2.75, 3.05) is 0 Å². The molecule has 2 aliphatic carbocycles. The van der Waals surface area contributed by atoms with Crippen molar-refractivity contribution in [1.29, 1.82) is 0 Å². The van der Waals surface area contributed by atoms with Crippen LogP contribution in [0.1, 0.15) is 59.7 Å². The van der Waals surface area contributed by atoms with E-state index in [0.29, 0.717) is 5.41 Å². The fraction of sp³-hybridized carbons (Fsp3) is 0.562. The molecule has 90 valence electrons. The van der Waals surface area contributed by atoms with Gasteiger partial charge in [0.05, 0.1) is 0 Å². The highest BCUT2D eigenvalue weighted by molar-refractivity contribution is 5.96. The zero-order chi connectivity index (χ0) is 12.0. The summed E-state index contributed by atoms with van der Waals surface area (Å²) in [4.78, 5) is 11.7. The highest BCUT2D eigenvalue weighted by Gasteiger charge is 2.41. The summed E-state index contributed by atoms with van der Waals surface area (Å²) in [5, 5.41) is 0. The maximum Gasteiger partial charge on any atom is 0.160 e. The minimum absolute atomic E-state index is 0.233. The Morgan fingerprint density at radius 3 is 2.41 bits per heavy atom. The van der Waals surface area contributed by atoms with E-state index in [0.717, 1.165) is 12.0 Å². The van der Waals surface area contributed by atoms with Crippen LogP contribution in [0.3, 0.4) is 0 Å².